The van der Waals surface area contributed by atoms with E-state index in [1.165, 1.54) is 17.7 Å². The monoisotopic (exact) mass is 364 g/mol. The standard InChI is InChI=1S/C19H23F3N4/c1-2-25-11-8-13(9-12-25)17-16-7-10-23-18(16)26(24-17)15-5-3-14(4-6-15)19(20,21)22/h3-6,13,23H,2,7-12H2,1H3. The van der Waals surface area contributed by atoms with Crippen LogP contribution in [0.2, 0.25) is 0 Å². The molecule has 1 fully saturated rings. The molecule has 1 aromatic heterocycles. The summed E-state index contributed by atoms with van der Waals surface area (Å²) in [5.74, 6) is 1.37. The Bertz CT molecular complexity index is 771. The van der Waals surface area contributed by atoms with Crippen molar-refractivity contribution in [3.63, 3.8) is 0 Å². The third-order valence-electron chi connectivity index (χ3n) is 5.54. The molecule has 2 aliphatic heterocycles. The SMILES string of the molecule is CCN1CCC(c2nn(-c3ccc(C(F)(F)F)cc3)c3c2CCN3)CC1. The van der Waals surface area contributed by atoms with Crippen LogP contribution in [0.1, 0.15) is 42.5 Å². The van der Waals surface area contributed by atoms with E-state index in [4.69, 9.17) is 5.10 Å². The largest absolute Gasteiger partial charge is 0.416 e. The van der Waals surface area contributed by atoms with Crippen LogP contribution in [-0.4, -0.2) is 40.9 Å². The molecule has 1 N–H and O–H groups in total. The van der Waals surface area contributed by atoms with Crippen molar-refractivity contribution in [2.75, 3.05) is 31.5 Å². The van der Waals surface area contributed by atoms with Gasteiger partial charge in [0, 0.05) is 18.0 Å². The molecule has 0 saturated carbocycles. The van der Waals surface area contributed by atoms with Crippen molar-refractivity contribution in [2.45, 2.75) is 38.3 Å². The first kappa shape index (κ1) is 17.4. The summed E-state index contributed by atoms with van der Waals surface area (Å²) in [6.45, 7) is 6.27. The van der Waals surface area contributed by atoms with E-state index in [9.17, 15) is 13.2 Å². The molecule has 26 heavy (non-hydrogen) atoms. The average Bonchev–Trinajstić information content (AvgIpc) is 3.24. The number of anilines is 1. The normalized spacial score (nSPS) is 18.8. The van der Waals surface area contributed by atoms with E-state index in [1.54, 1.807) is 4.68 Å². The fraction of sp³-hybridized carbons (Fsp3) is 0.526. The quantitative estimate of drug-likeness (QED) is 0.892. The van der Waals surface area contributed by atoms with E-state index in [0.717, 1.165) is 69.1 Å². The van der Waals surface area contributed by atoms with E-state index in [-0.39, 0.29) is 0 Å². The highest BCUT2D eigenvalue weighted by molar-refractivity contribution is 5.58. The minimum atomic E-state index is -4.32. The second-order valence-corrected chi connectivity index (χ2v) is 7.05. The van der Waals surface area contributed by atoms with Crippen molar-refractivity contribution in [1.29, 1.82) is 0 Å². The van der Waals surface area contributed by atoms with Crippen LogP contribution < -0.4 is 5.32 Å². The number of piperidine rings is 1. The van der Waals surface area contributed by atoms with Crippen LogP contribution in [0, 0.1) is 0 Å². The van der Waals surface area contributed by atoms with Crippen LogP contribution in [0.3, 0.4) is 0 Å². The van der Waals surface area contributed by atoms with Crippen LogP contribution in [0.4, 0.5) is 19.0 Å². The molecule has 1 saturated heterocycles. The van der Waals surface area contributed by atoms with E-state index in [0.29, 0.717) is 11.6 Å². The Morgan fingerprint density at radius 1 is 1.15 bits per heavy atom. The van der Waals surface area contributed by atoms with Crippen LogP contribution in [0.15, 0.2) is 24.3 Å². The minimum Gasteiger partial charge on any atom is -0.369 e. The second kappa shape index (κ2) is 6.61. The Balaban J connectivity index is 1.64. The highest BCUT2D eigenvalue weighted by atomic mass is 19.4. The number of nitrogens with zero attached hydrogens (tertiary/aromatic N) is 3. The van der Waals surface area contributed by atoms with Gasteiger partial charge in [0.05, 0.1) is 16.9 Å². The lowest BCUT2D eigenvalue weighted by Gasteiger charge is -2.30. The Morgan fingerprint density at radius 3 is 2.46 bits per heavy atom. The fourth-order valence-corrected chi connectivity index (χ4v) is 4.03. The smallest absolute Gasteiger partial charge is 0.369 e. The third kappa shape index (κ3) is 3.09. The van der Waals surface area contributed by atoms with Gasteiger partial charge in [-0.2, -0.15) is 18.3 Å². The fourth-order valence-electron chi connectivity index (χ4n) is 4.03. The third-order valence-corrected chi connectivity index (χ3v) is 5.54. The van der Waals surface area contributed by atoms with Crippen molar-refractivity contribution < 1.29 is 13.2 Å². The van der Waals surface area contributed by atoms with Crippen molar-refractivity contribution in [3.8, 4) is 5.69 Å². The molecule has 0 bridgehead atoms. The summed E-state index contributed by atoms with van der Waals surface area (Å²) in [6, 6.07) is 5.24. The van der Waals surface area contributed by atoms with E-state index >= 15 is 0 Å². The molecule has 3 heterocycles. The van der Waals surface area contributed by atoms with Crippen LogP contribution in [0.25, 0.3) is 5.69 Å². The van der Waals surface area contributed by atoms with Gasteiger partial charge in [-0.25, -0.2) is 4.68 Å². The zero-order chi connectivity index (χ0) is 18.3. The van der Waals surface area contributed by atoms with Gasteiger partial charge in [-0.3, -0.25) is 0 Å². The van der Waals surface area contributed by atoms with Gasteiger partial charge in [0.15, 0.2) is 0 Å². The Morgan fingerprint density at radius 2 is 1.85 bits per heavy atom. The van der Waals surface area contributed by atoms with Gasteiger partial charge in [-0.05, 0) is 63.2 Å². The van der Waals surface area contributed by atoms with Crippen LogP contribution in [-0.2, 0) is 12.6 Å². The first-order valence-corrected chi connectivity index (χ1v) is 9.23. The predicted octanol–water partition coefficient (Wildman–Crippen LogP) is 4.06. The molecule has 2 aliphatic rings. The van der Waals surface area contributed by atoms with Crippen LogP contribution in [0.5, 0.6) is 0 Å². The molecular formula is C19H23F3N4. The van der Waals surface area contributed by atoms with Gasteiger partial charge in [0.2, 0.25) is 0 Å². The number of likely N-dealkylation sites (tertiary alicyclic amines) is 1. The number of halogens is 3. The molecule has 0 amide bonds. The zero-order valence-electron chi connectivity index (χ0n) is 14.8. The van der Waals surface area contributed by atoms with Crippen molar-refractivity contribution in [1.82, 2.24) is 14.7 Å². The molecule has 1 aromatic carbocycles. The van der Waals surface area contributed by atoms with Crippen LogP contribution >= 0.6 is 0 Å². The number of fused-ring (bicyclic) bond motifs is 1. The number of nitrogens with one attached hydrogen (secondary N) is 1. The van der Waals surface area contributed by atoms with Crippen molar-refractivity contribution in [3.05, 3.63) is 41.1 Å². The number of hydrogen-bond donors (Lipinski definition) is 1. The second-order valence-electron chi connectivity index (χ2n) is 7.05. The highest BCUT2D eigenvalue weighted by Crippen LogP contribution is 2.37. The summed E-state index contributed by atoms with van der Waals surface area (Å²) in [7, 11) is 0. The van der Waals surface area contributed by atoms with Gasteiger partial charge in [0.1, 0.15) is 5.82 Å². The average molecular weight is 364 g/mol. The molecule has 140 valence electrons. The molecule has 4 rings (SSSR count). The maximum Gasteiger partial charge on any atom is 0.416 e. The lowest BCUT2D eigenvalue weighted by atomic mass is 9.91. The van der Waals surface area contributed by atoms with Crippen molar-refractivity contribution in [2.24, 2.45) is 0 Å². The van der Waals surface area contributed by atoms with E-state index < -0.39 is 11.7 Å². The maximum absolute atomic E-state index is 12.8. The summed E-state index contributed by atoms with van der Waals surface area (Å²) in [4.78, 5) is 2.45. The lowest BCUT2D eigenvalue weighted by molar-refractivity contribution is -0.137. The first-order chi connectivity index (χ1) is 12.5. The Hall–Kier alpha value is -2.02. The summed E-state index contributed by atoms with van der Waals surface area (Å²) < 4.78 is 40.2. The van der Waals surface area contributed by atoms with Gasteiger partial charge in [-0.1, -0.05) is 6.92 Å². The van der Waals surface area contributed by atoms with Gasteiger partial charge >= 0.3 is 6.18 Å². The highest BCUT2D eigenvalue weighted by Gasteiger charge is 2.32. The molecule has 4 nitrogen and oxygen atoms in total. The Kier molecular flexibility index (Phi) is 4.42. The maximum atomic E-state index is 12.8. The van der Waals surface area contributed by atoms with Crippen molar-refractivity contribution >= 4 is 5.82 Å². The summed E-state index contributed by atoms with van der Waals surface area (Å²) in [5.41, 5.74) is 2.39. The van der Waals surface area contributed by atoms with E-state index in [1.807, 2.05) is 0 Å². The summed E-state index contributed by atoms with van der Waals surface area (Å²) in [6.07, 6.45) is -1.21. The first-order valence-electron chi connectivity index (χ1n) is 9.23. The molecule has 0 radical (unpaired) electrons. The lowest BCUT2D eigenvalue weighted by Crippen LogP contribution is -2.33. The molecule has 0 aliphatic carbocycles. The number of benzene rings is 1. The Labute approximate surface area is 151 Å². The molecule has 0 spiro atoms. The molecule has 0 atom stereocenters. The topological polar surface area (TPSA) is 33.1 Å². The molecule has 7 heteroatoms. The van der Waals surface area contributed by atoms with Gasteiger partial charge < -0.3 is 10.2 Å². The number of aromatic nitrogens is 2. The zero-order valence-corrected chi connectivity index (χ0v) is 14.8. The minimum absolute atomic E-state index is 0.433. The molecular weight excluding hydrogens is 341 g/mol. The predicted molar refractivity (Wildman–Crippen MR) is 94.8 cm³/mol. The molecule has 0 unspecified atom stereocenters. The van der Waals surface area contributed by atoms with E-state index in [2.05, 4.69) is 17.1 Å². The van der Waals surface area contributed by atoms with Gasteiger partial charge in [-0.15, -0.1) is 0 Å². The van der Waals surface area contributed by atoms with Gasteiger partial charge in [0.25, 0.3) is 0 Å². The number of rotatable bonds is 3. The summed E-state index contributed by atoms with van der Waals surface area (Å²) >= 11 is 0. The number of hydrogen-bond acceptors (Lipinski definition) is 3. The molecule has 2 aromatic rings. The summed E-state index contributed by atoms with van der Waals surface area (Å²) in [5, 5.41) is 8.18. The number of alkyl halides is 3.